The average molecular weight is 421 g/mol. The van der Waals surface area contributed by atoms with Gasteiger partial charge in [-0.25, -0.2) is 0 Å². The number of hydrogen-bond acceptors (Lipinski definition) is 2. The van der Waals surface area contributed by atoms with Crippen LogP contribution in [0.25, 0.3) is 0 Å². The van der Waals surface area contributed by atoms with Gasteiger partial charge in [0.05, 0.1) is 0 Å². The highest BCUT2D eigenvalue weighted by molar-refractivity contribution is 4.98. The summed E-state index contributed by atoms with van der Waals surface area (Å²) in [5, 5.41) is 0. The summed E-state index contributed by atoms with van der Waals surface area (Å²) in [7, 11) is 0. The second-order valence-electron chi connectivity index (χ2n) is 10.0. The molecule has 1 rings (SSSR count). The molecule has 0 fully saturated rings. The maximum absolute atomic E-state index is 2.59. The van der Waals surface area contributed by atoms with E-state index >= 15 is 0 Å². The van der Waals surface area contributed by atoms with Gasteiger partial charge in [-0.15, -0.1) is 0 Å². The molecule has 2 heteroatoms. The van der Waals surface area contributed by atoms with Crippen molar-refractivity contribution in [2.75, 3.05) is 6.54 Å². The van der Waals surface area contributed by atoms with Gasteiger partial charge in [0, 0.05) is 25.0 Å². The quantitative estimate of drug-likeness (QED) is 0.171. The zero-order chi connectivity index (χ0) is 21.9. The molecule has 0 aromatic carbocycles. The lowest BCUT2D eigenvalue weighted by atomic mass is 10.0. The Morgan fingerprint density at radius 2 is 1.00 bits per heavy atom. The summed E-state index contributed by atoms with van der Waals surface area (Å²) in [6.07, 6.45) is 32.5. The van der Waals surface area contributed by atoms with Crippen LogP contribution in [0.3, 0.4) is 0 Å². The average Bonchev–Trinajstić information content (AvgIpc) is 3.13. The molecule has 30 heavy (non-hydrogen) atoms. The number of nitrogens with zero attached hydrogens (tertiary/aromatic N) is 2. The van der Waals surface area contributed by atoms with Crippen LogP contribution in [0.1, 0.15) is 150 Å². The molecule has 0 saturated carbocycles. The van der Waals surface area contributed by atoms with E-state index in [9.17, 15) is 0 Å². The van der Waals surface area contributed by atoms with Crippen molar-refractivity contribution < 1.29 is 0 Å². The number of hydrogen-bond donors (Lipinski definition) is 0. The highest BCUT2D eigenvalue weighted by Crippen LogP contribution is 2.23. The van der Waals surface area contributed by atoms with E-state index in [1.165, 1.54) is 129 Å². The fourth-order valence-electron chi connectivity index (χ4n) is 4.86. The summed E-state index contributed by atoms with van der Waals surface area (Å²) >= 11 is 0. The number of unbranched alkanes of at least 4 members (excludes halogenated alkanes) is 16. The maximum atomic E-state index is 2.59. The van der Waals surface area contributed by atoms with Crippen LogP contribution in [-0.2, 0) is 0 Å². The molecule has 0 amide bonds. The third-order valence-electron chi connectivity index (χ3n) is 6.82. The minimum absolute atomic E-state index is 0.607. The monoisotopic (exact) mass is 420 g/mol. The first-order chi connectivity index (χ1) is 14.7. The van der Waals surface area contributed by atoms with Crippen molar-refractivity contribution in [3.63, 3.8) is 0 Å². The lowest BCUT2D eigenvalue weighted by molar-refractivity contribution is 0.116. The Bertz CT molecular complexity index is 390. The summed E-state index contributed by atoms with van der Waals surface area (Å²) in [6.45, 7) is 10.5. The van der Waals surface area contributed by atoms with Crippen LogP contribution >= 0.6 is 0 Å². The minimum Gasteiger partial charge on any atom is -0.356 e. The summed E-state index contributed by atoms with van der Waals surface area (Å²) in [5.41, 5.74) is 0. The molecule has 0 aromatic rings. The molecule has 2 nitrogen and oxygen atoms in total. The Balaban J connectivity index is 1.85. The first-order valence-electron chi connectivity index (χ1n) is 13.9. The largest absolute Gasteiger partial charge is 0.356 e. The molecule has 0 saturated heterocycles. The zero-order valence-corrected chi connectivity index (χ0v) is 21.3. The van der Waals surface area contributed by atoms with E-state index in [0.29, 0.717) is 12.2 Å². The summed E-state index contributed by atoms with van der Waals surface area (Å²) in [6, 6.07) is 0.610. The molecular weight excluding hydrogens is 364 g/mol. The standard InChI is InChI=1S/C28H56N2/c1-5-7-8-9-10-11-12-13-14-15-16-17-18-19-20-21-22-24-29-25-26-30(27(3)4)28(29)23-6-2/h25-28H,5-24H2,1-4H3. The predicted octanol–water partition coefficient (Wildman–Crippen LogP) is 9.26. The van der Waals surface area contributed by atoms with Crippen LogP contribution in [0, 0.1) is 0 Å². The summed E-state index contributed by atoms with van der Waals surface area (Å²) < 4.78 is 0. The fourth-order valence-corrected chi connectivity index (χ4v) is 4.86. The van der Waals surface area contributed by atoms with Crippen LogP contribution in [0.5, 0.6) is 0 Å². The molecule has 1 unspecified atom stereocenters. The molecule has 1 aliphatic rings. The third-order valence-corrected chi connectivity index (χ3v) is 6.82. The van der Waals surface area contributed by atoms with E-state index in [-0.39, 0.29) is 0 Å². The maximum Gasteiger partial charge on any atom is 0.101 e. The Hall–Kier alpha value is -0.660. The zero-order valence-electron chi connectivity index (χ0n) is 21.3. The van der Waals surface area contributed by atoms with Crippen molar-refractivity contribution in [2.24, 2.45) is 0 Å². The molecular formula is C28H56N2. The van der Waals surface area contributed by atoms with Gasteiger partial charge in [-0.1, -0.05) is 123 Å². The molecule has 0 aliphatic carbocycles. The number of rotatable bonds is 21. The third kappa shape index (κ3) is 12.9. The first kappa shape index (κ1) is 27.4. The lowest BCUT2D eigenvalue weighted by Crippen LogP contribution is -2.42. The molecule has 1 heterocycles. The van der Waals surface area contributed by atoms with Gasteiger partial charge in [0.25, 0.3) is 0 Å². The van der Waals surface area contributed by atoms with Crippen LogP contribution in [0.4, 0.5) is 0 Å². The summed E-state index contributed by atoms with van der Waals surface area (Å²) in [5.74, 6) is 0. The van der Waals surface area contributed by atoms with Crippen LogP contribution in [-0.4, -0.2) is 28.6 Å². The van der Waals surface area contributed by atoms with E-state index in [0.717, 1.165) is 0 Å². The Morgan fingerprint density at radius 3 is 1.40 bits per heavy atom. The van der Waals surface area contributed by atoms with E-state index in [2.05, 4.69) is 49.9 Å². The van der Waals surface area contributed by atoms with Crippen LogP contribution < -0.4 is 0 Å². The van der Waals surface area contributed by atoms with Crippen molar-refractivity contribution in [3.05, 3.63) is 12.4 Å². The molecule has 0 radical (unpaired) electrons. The molecule has 0 aromatic heterocycles. The second kappa shape index (κ2) is 19.1. The van der Waals surface area contributed by atoms with Gasteiger partial charge in [0.2, 0.25) is 0 Å². The molecule has 1 atom stereocenters. The lowest BCUT2D eigenvalue weighted by Gasteiger charge is -2.35. The van der Waals surface area contributed by atoms with Gasteiger partial charge in [-0.3, -0.25) is 0 Å². The van der Waals surface area contributed by atoms with Crippen molar-refractivity contribution in [1.29, 1.82) is 0 Å². The molecule has 0 bridgehead atoms. The van der Waals surface area contributed by atoms with Crippen molar-refractivity contribution in [2.45, 2.75) is 162 Å². The molecule has 1 aliphatic heterocycles. The Kier molecular flexibility index (Phi) is 17.4. The van der Waals surface area contributed by atoms with Gasteiger partial charge < -0.3 is 9.80 Å². The van der Waals surface area contributed by atoms with Crippen LogP contribution in [0.2, 0.25) is 0 Å². The van der Waals surface area contributed by atoms with Crippen molar-refractivity contribution >= 4 is 0 Å². The molecule has 0 N–H and O–H groups in total. The topological polar surface area (TPSA) is 6.48 Å². The molecule has 0 spiro atoms. The highest BCUT2D eigenvalue weighted by Gasteiger charge is 2.26. The van der Waals surface area contributed by atoms with Gasteiger partial charge in [-0.2, -0.15) is 0 Å². The summed E-state index contributed by atoms with van der Waals surface area (Å²) in [4.78, 5) is 5.13. The van der Waals surface area contributed by atoms with Crippen molar-refractivity contribution in [1.82, 2.24) is 9.80 Å². The second-order valence-corrected chi connectivity index (χ2v) is 10.0. The van der Waals surface area contributed by atoms with Crippen molar-refractivity contribution in [3.8, 4) is 0 Å². The van der Waals surface area contributed by atoms with Gasteiger partial charge in [0.15, 0.2) is 0 Å². The first-order valence-corrected chi connectivity index (χ1v) is 13.9. The fraction of sp³-hybridized carbons (Fsp3) is 0.929. The van der Waals surface area contributed by atoms with E-state index in [1.54, 1.807) is 0 Å². The van der Waals surface area contributed by atoms with Gasteiger partial charge >= 0.3 is 0 Å². The predicted molar refractivity (Wildman–Crippen MR) is 136 cm³/mol. The normalized spacial score (nSPS) is 16.4. The Labute approximate surface area is 190 Å². The van der Waals surface area contributed by atoms with E-state index < -0.39 is 0 Å². The minimum atomic E-state index is 0.607. The Morgan fingerprint density at radius 1 is 0.567 bits per heavy atom. The van der Waals surface area contributed by atoms with Gasteiger partial charge in [-0.05, 0) is 26.7 Å². The molecule has 178 valence electrons. The smallest absolute Gasteiger partial charge is 0.101 e. The van der Waals surface area contributed by atoms with Crippen LogP contribution in [0.15, 0.2) is 12.4 Å². The highest BCUT2D eigenvalue weighted by atomic mass is 15.4. The van der Waals surface area contributed by atoms with E-state index in [1.807, 2.05) is 0 Å². The van der Waals surface area contributed by atoms with Gasteiger partial charge in [0.1, 0.15) is 6.17 Å². The van der Waals surface area contributed by atoms with E-state index in [4.69, 9.17) is 0 Å². The SMILES string of the molecule is CCCCCCCCCCCCCCCCCCCN1C=CN(C(C)C)C1CCC.